The Morgan fingerprint density at radius 3 is 2.58 bits per heavy atom. The van der Waals surface area contributed by atoms with Gasteiger partial charge in [0.25, 0.3) is 5.92 Å². The van der Waals surface area contributed by atoms with E-state index < -0.39 is 12.0 Å². The Labute approximate surface area is 112 Å². The summed E-state index contributed by atoms with van der Waals surface area (Å²) in [6.45, 7) is -0.0659. The predicted octanol–water partition coefficient (Wildman–Crippen LogP) is 3.65. The highest BCUT2D eigenvalue weighted by molar-refractivity contribution is 5.15. The lowest BCUT2D eigenvalue weighted by Gasteiger charge is -2.35. The summed E-state index contributed by atoms with van der Waals surface area (Å²) in [5.41, 5.74) is 1.12. The van der Waals surface area contributed by atoms with Crippen LogP contribution in [0, 0.1) is 5.92 Å². The van der Waals surface area contributed by atoms with Crippen LogP contribution in [0.1, 0.15) is 24.8 Å². The molecule has 1 aromatic carbocycles. The smallest absolute Gasteiger partial charge is 0.274 e. The van der Waals surface area contributed by atoms with Gasteiger partial charge < -0.3 is 9.47 Å². The first kappa shape index (κ1) is 14.4. The average molecular weight is 270 g/mol. The molecule has 0 saturated heterocycles. The van der Waals surface area contributed by atoms with Gasteiger partial charge in [-0.2, -0.15) is 0 Å². The van der Waals surface area contributed by atoms with Crippen molar-refractivity contribution in [3.05, 3.63) is 35.9 Å². The number of benzene rings is 1. The summed E-state index contributed by atoms with van der Waals surface area (Å²) in [4.78, 5) is 0. The molecule has 4 heteroatoms. The third kappa shape index (κ3) is 3.98. The molecule has 19 heavy (non-hydrogen) atoms. The number of methoxy groups -OCH3 is 1. The average Bonchev–Trinajstić information content (AvgIpc) is 2.38. The Hall–Kier alpha value is -1.00. The van der Waals surface area contributed by atoms with E-state index in [0.29, 0.717) is 12.8 Å². The molecule has 2 atom stereocenters. The highest BCUT2D eigenvalue weighted by Gasteiger charge is 2.45. The van der Waals surface area contributed by atoms with Crippen molar-refractivity contribution in [3.63, 3.8) is 0 Å². The molecule has 2 rings (SSSR count). The van der Waals surface area contributed by atoms with Crippen molar-refractivity contribution in [3.8, 4) is 0 Å². The van der Waals surface area contributed by atoms with Gasteiger partial charge in [0, 0.05) is 13.5 Å². The highest BCUT2D eigenvalue weighted by atomic mass is 19.3. The number of ether oxygens (including phenoxy) is 2. The summed E-state index contributed by atoms with van der Waals surface area (Å²) in [5.74, 6) is -2.73. The molecule has 1 aliphatic rings. The van der Waals surface area contributed by atoms with E-state index in [1.54, 1.807) is 0 Å². The van der Waals surface area contributed by atoms with Gasteiger partial charge in [-0.15, -0.1) is 0 Å². The topological polar surface area (TPSA) is 18.5 Å². The number of rotatable bonds is 5. The first-order valence-corrected chi connectivity index (χ1v) is 6.64. The van der Waals surface area contributed by atoms with Crippen LogP contribution in [-0.4, -0.2) is 25.9 Å². The van der Waals surface area contributed by atoms with Gasteiger partial charge in [-0.05, 0) is 30.7 Å². The van der Waals surface area contributed by atoms with Crippen molar-refractivity contribution in [2.45, 2.75) is 37.7 Å². The van der Waals surface area contributed by atoms with Crippen LogP contribution in [0.4, 0.5) is 8.78 Å². The largest absolute Gasteiger partial charge is 0.359 e. The highest BCUT2D eigenvalue weighted by Crippen LogP contribution is 2.39. The second-order valence-electron chi connectivity index (χ2n) is 5.16. The number of alkyl halides is 2. The lowest BCUT2D eigenvalue weighted by Crippen LogP contribution is -2.42. The van der Waals surface area contributed by atoms with Gasteiger partial charge in [-0.3, -0.25) is 0 Å². The number of hydrogen-bond donors (Lipinski definition) is 0. The van der Waals surface area contributed by atoms with Crippen molar-refractivity contribution in [1.29, 1.82) is 0 Å². The Kier molecular flexibility index (Phi) is 4.88. The van der Waals surface area contributed by atoms with Crippen LogP contribution in [0.2, 0.25) is 0 Å². The summed E-state index contributed by atoms with van der Waals surface area (Å²) in [6.07, 6.45) is 0.788. The molecule has 2 unspecified atom stereocenters. The summed E-state index contributed by atoms with van der Waals surface area (Å²) in [5, 5.41) is 0. The minimum Gasteiger partial charge on any atom is -0.359 e. The molecular formula is C15H20F2O2. The zero-order chi connectivity index (χ0) is 13.7. The van der Waals surface area contributed by atoms with Crippen LogP contribution in [0.5, 0.6) is 0 Å². The van der Waals surface area contributed by atoms with Gasteiger partial charge in [-0.1, -0.05) is 30.3 Å². The van der Waals surface area contributed by atoms with Crippen molar-refractivity contribution >= 4 is 0 Å². The standard InChI is InChI=1S/C15H20F2O2/c1-18-11-19-14-8-7-13(10-15(14,16)17)9-12-5-3-2-4-6-12/h2-6,13-14H,7-11H2,1H3. The fourth-order valence-corrected chi connectivity index (χ4v) is 2.69. The third-order valence-electron chi connectivity index (χ3n) is 3.62. The molecule has 1 fully saturated rings. The Morgan fingerprint density at radius 2 is 1.95 bits per heavy atom. The van der Waals surface area contributed by atoms with Gasteiger partial charge >= 0.3 is 0 Å². The fourth-order valence-electron chi connectivity index (χ4n) is 2.69. The van der Waals surface area contributed by atoms with Crippen molar-refractivity contribution < 1.29 is 18.3 Å². The molecule has 1 aliphatic carbocycles. The molecule has 0 aromatic heterocycles. The zero-order valence-electron chi connectivity index (χ0n) is 11.1. The van der Waals surface area contributed by atoms with E-state index >= 15 is 0 Å². The van der Waals surface area contributed by atoms with Crippen LogP contribution < -0.4 is 0 Å². The molecule has 2 nitrogen and oxygen atoms in total. The molecule has 0 N–H and O–H groups in total. The minimum absolute atomic E-state index is 0.0276. The SMILES string of the molecule is COCOC1CCC(Cc2ccccc2)CC1(F)F. The van der Waals surface area contributed by atoms with Gasteiger partial charge in [0.1, 0.15) is 12.9 Å². The van der Waals surface area contributed by atoms with Gasteiger partial charge in [0.15, 0.2) is 0 Å². The van der Waals surface area contributed by atoms with Crippen LogP contribution in [-0.2, 0) is 15.9 Å². The summed E-state index contributed by atoms with van der Waals surface area (Å²) >= 11 is 0. The lowest BCUT2D eigenvalue weighted by molar-refractivity contribution is -0.198. The molecule has 0 spiro atoms. The molecule has 0 bridgehead atoms. The maximum absolute atomic E-state index is 14.0. The summed E-state index contributed by atoms with van der Waals surface area (Å²) in [7, 11) is 1.44. The van der Waals surface area contributed by atoms with E-state index in [4.69, 9.17) is 9.47 Å². The summed E-state index contributed by atoms with van der Waals surface area (Å²) < 4.78 is 37.7. The molecule has 0 heterocycles. The van der Waals surface area contributed by atoms with E-state index in [2.05, 4.69) is 0 Å². The third-order valence-corrected chi connectivity index (χ3v) is 3.62. The predicted molar refractivity (Wildman–Crippen MR) is 69.2 cm³/mol. The molecular weight excluding hydrogens is 250 g/mol. The molecule has 106 valence electrons. The first-order valence-electron chi connectivity index (χ1n) is 6.64. The van der Waals surface area contributed by atoms with E-state index in [9.17, 15) is 8.78 Å². The monoisotopic (exact) mass is 270 g/mol. The second kappa shape index (κ2) is 6.44. The van der Waals surface area contributed by atoms with E-state index in [1.165, 1.54) is 7.11 Å². The van der Waals surface area contributed by atoms with Gasteiger partial charge in [-0.25, -0.2) is 8.78 Å². The zero-order valence-corrected chi connectivity index (χ0v) is 11.1. The second-order valence-corrected chi connectivity index (χ2v) is 5.16. The molecule has 1 aromatic rings. The van der Waals surface area contributed by atoms with Crippen molar-refractivity contribution in [2.75, 3.05) is 13.9 Å². The summed E-state index contributed by atoms with van der Waals surface area (Å²) in [6, 6.07) is 9.81. The van der Waals surface area contributed by atoms with E-state index in [0.717, 1.165) is 12.0 Å². The maximum atomic E-state index is 14.0. The Balaban J connectivity index is 1.90. The van der Waals surface area contributed by atoms with Crippen LogP contribution >= 0.6 is 0 Å². The number of hydrogen-bond acceptors (Lipinski definition) is 2. The van der Waals surface area contributed by atoms with E-state index in [-0.39, 0.29) is 19.1 Å². The minimum atomic E-state index is -2.75. The molecule has 1 saturated carbocycles. The van der Waals surface area contributed by atoms with Crippen LogP contribution in [0.3, 0.4) is 0 Å². The Bertz CT molecular complexity index is 381. The van der Waals surface area contributed by atoms with Crippen LogP contribution in [0.25, 0.3) is 0 Å². The normalized spacial score (nSPS) is 26.3. The molecule has 0 amide bonds. The molecule has 0 aliphatic heterocycles. The van der Waals surface area contributed by atoms with Crippen LogP contribution in [0.15, 0.2) is 30.3 Å². The first-order chi connectivity index (χ1) is 9.12. The number of halogens is 2. The Morgan fingerprint density at radius 1 is 1.21 bits per heavy atom. The van der Waals surface area contributed by atoms with Crippen molar-refractivity contribution in [2.24, 2.45) is 5.92 Å². The van der Waals surface area contributed by atoms with Gasteiger partial charge in [0.2, 0.25) is 0 Å². The quantitative estimate of drug-likeness (QED) is 0.760. The van der Waals surface area contributed by atoms with Crippen molar-refractivity contribution in [1.82, 2.24) is 0 Å². The fraction of sp³-hybridized carbons (Fsp3) is 0.600. The maximum Gasteiger partial charge on any atom is 0.274 e. The van der Waals surface area contributed by atoms with E-state index in [1.807, 2.05) is 30.3 Å². The van der Waals surface area contributed by atoms with Gasteiger partial charge in [0.05, 0.1) is 0 Å². The lowest BCUT2D eigenvalue weighted by atomic mass is 9.81. The molecule has 0 radical (unpaired) electrons.